The van der Waals surface area contributed by atoms with E-state index in [1.807, 2.05) is 0 Å². The predicted molar refractivity (Wildman–Crippen MR) is 108 cm³/mol. The van der Waals surface area contributed by atoms with E-state index in [4.69, 9.17) is 17.0 Å². The van der Waals surface area contributed by atoms with Gasteiger partial charge in [-0.25, -0.2) is 0 Å². The van der Waals surface area contributed by atoms with E-state index >= 15 is 0 Å². The number of allylic oxidation sites excluding steroid dienone is 2. The third kappa shape index (κ3) is 2.50. The minimum atomic E-state index is -4.29. The van der Waals surface area contributed by atoms with Crippen LogP contribution in [0.1, 0.15) is 50.3 Å². The summed E-state index contributed by atoms with van der Waals surface area (Å²) in [5.74, 6) is 0. The summed E-state index contributed by atoms with van der Waals surface area (Å²) in [5, 5.41) is 0. The van der Waals surface area contributed by atoms with Crippen molar-refractivity contribution in [2.75, 3.05) is 0 Å². The van der Waals surface area contributed by atoms with Crippen LogP contribution in [0.15, 0.2) is 59.7 Å². The van der Waals surface area contributed by atoms with E-state index in [9.17, 15) is 0 Å². The molecule has 0 N–H and O–H groups in total. The van der Waals surface area contributed by atoms with Gasteiger partial charge in [-0.1, -0.05) is 0 Å². The summed E-state index contributed by atoms with van der Waals surface area (Å²) in [6, 6.07) is 17.2. The number of fused-ring (bicyclic) bond motifs is 2. The van der Waals surface area contributed by atoms with Crippen molar-refractivity contribution >= 4 is 29.2 Å². The van der Waals surface area contributed by atoms with Crippen molar-refractivity contribution in [3.8, 4) is 0 Å². The van der Waals surface area contributed by atoms with Crippen LogP contribution in [-0.2, 0) is 16.4 Å². The molecule has 3 heteroatoms. The molecule has 2 aliphatic rings. The summed E-state index contributed by atoms with van der Waals surface area (Å²) >= 11 is -4.29. The molecule has 0 heterocycles. The van der Waals surface area contributed by atoms with Gasteiger partial charge in [0.2, 0.25) is 0 Å². The zero-order chi connectivity index (χ0) is 17.8. The van der Waals surface area contributed by atoms with Gasteiger partial charge in [-0.15, -0.1) is 0 Å². The van der Waals surface area contributed by atoms with Crippen LogP contribution in [-0.4, -0.2) is 0 Å². The van der Waals surface area contributed by atoms with Gasteiger partial charge in [0.25, 0.3) is 0 Å². The van der Waals surface area contributed by atoms with E-state index in [1.54, 1.807) is 0 Å². The van der Waals surface area contributed by atoms with Crippen molar-refractivity contribution in [2.45, 2.75) is 32.2 Å². The van der Waals surface area contributed by atoms with Crippen LogP contribution in [0.25, 0.3) is 12.2 Å². The summed E-state index contributed by atoms with van der Waals surface area (Å²) in [6.07, 6.45) is 4.57. The molecular weight excluding hydrogens is 426 g/mol. The Labute approximate surface area is 158 Å². The molecule has 2 unspecified atom stereocenters. The number of halogens is 2. The molecule has 0 aliphatic heterocycles. The van der Waals surface area contributed by atoms with E-state index in [0.717, 1.165) is 4.13 Å². The molecular formula is C22H23Cl2Zr. The van der Waals surface area contributed by atoms with Gasteiger partial charge in [0.15, 0.2) is 0 Å². The van der Waals surface area contributed by atoms with Gasteiger partial charge in [-0.3, -0.25) is 0 Å². The van der Waals surface area contributed by atoms with E-state index in [-0.39, 0.29) is 7.25 Å². The van der Waals surface area contributed by atoms with E-state index < -0.39 is 16.4 Å². The van der Waals surface area contributed by atoms with Crippen LogP contribution < -0.4 is 0 Å². The third-order valence-electron chi connectivity index (χ3n) is 6.14. The normalized spacial score (nSPS) is 23.3. The Balaban J connectivity index is 1.95. The average Bonchev–Trinajstić information content (AvgIpc) is 3.11. The third-order valence-corrected chi connectivity index (χ3v) is 27.4. The van der Waals surface area contributed by atoms with Crippen LogP contribution in [0.5, 0.6) is 0 Å². The fraction of sp³-hybridized carbons (Fsp3) is 0.273. The van der Waals surface area contributed by atoms with E-state index in [1.165, 1.54) is 33.4 Å². The summed E-state index contributed by atoms with van der Waals surface area (Å²) in [6.45, 7) is 6.62. The molecule has 0 aromatic heterocycles. The van der Waals surface area contributed by atoms with Crippen LogP contribution in [0.3, 0.4) is 0 Å². The molecule has 0 saturated carbocycles. The molecule has 2 aliphatic carbocycles. The summed E-state index contributed by atoms with van der Waals surface area (Å²) in [4.78, 5) is 0. The Morgan fingerprint density at radius 1 is 0.760 bits per heavy atom. The fourth-order valence-electron chi connectivity index (χ4n) is 5.10. The second-order valence-corrected chi connectivity index (χ2v) is 30.5. The number of rotatable bonds is 3. The molecule has 4 rings (SSSR count). The number of benzene rings is 2. The second kappa shape index (κ2) is 5.95. The molecule has 2 aromatic rings. The Hall–Kier alpha value is -0.617. The molecule has 0 saturated heterocycles. The predicted octanol–water partition coefficient (Wildman–Crippen LogP) is 7.74. The summed E-state index contributed by atoms with van der Waals surface area (Å²) < 4.78 is 1.25. The molecule has 0 nitrogen and oxygen atoms in total. The Bertz CT molecular complexity index is 852. The van der Waals surface area contributed by atoms with Crippen molar-refractivity contribution < 1.29 is 16.4 Å². The Morgan fingerprint density at radius 3 is 1.56 bits per heavy atom. The first-order valence-corrected chi connectivity index (χ1v) is 19.9. The maximum absolute atomic E-state index is 7.73. The zero-order valence-corrected chi connectivity index (χ0v) is 18.9. The van der Waals surface area contributed by atoms with Gasteiger partial charge < -0.3 is 0 Å². The Morgan fingerprint density at radius 2 is 1.16 bits per heavy atom. The molecule has 0 fully saturated rings. The molecule has 0 amide bonds. The van der Waals surface area contributed by atoms with Crippen LogP contribution in [0.2, 0.25) is 4.13 Å². The van der Waals surface area contributed by atoms with Crippen LogP contribution in [0, 0.1) is 0 Å². The van der Waals surface area contributed by atoms with Crippen molar-refractivity contribution in [1.29, 1.82) is 0 Å². The van der Waals surface area contributed by atoms with Gasteiger partial charge >= 0.3 is 160 Å². The van der Waals surface area contributed by atoms with Crippen molar-refractivity contribution in [2.24, 2.45) is 0 Å². The van der Waals surface area contributed by atoms with Gasteiger partial charge in [-0.2, -0.15) is 0 Å². The van der Waals surface area contributed by atoms with Crippen LogP contribution in [0.4, 0.5) is 0 Å². The van der Waals surface area contributed by atoms with Crippen molar-refractivity contribution in [1.82, 2.24) is 0 Å². The molecule has 2 aromatic carbocycles. The van der Waals surface area contributed by atoms with Gasteiger partial charge in [0.1, 0.15) is 0 Å². The summed E-state index contributed by atoms with van der Waals surface area (Å²) in [7, 11) is 15.5. The molecule has 0 bridgehead atoms. The zero-order valence-electron chi connectivity index (χ0n) is 14.9. The first kappa shape index (κ1) is 17.8. The van der Waals surface area contributed by atoms with Crippen LogP contribution >= 0.6 is 17.0 Å². The summed E-state index contributed by atoms with van der Waals surface area (Å²) in [5.41, 5.74) is 7.89. The monoisotopic (exact) mass is 447 g/mol. The van der Waals surface area contributed by atoms with Crippen molar-refractivity contribution in [3.63, 3.8) is 0 Å². The number of hydrogen-bond donors (Lipinski definition) is 0. The minimum absolute atomic E-state index is 0.186. The molecule has 0 radical (unpaired) electrons. The second-order valence-electron chi connectivity index (χ2n) is 7.60. The average molecular weight is 450 g/mol. The molecule has 129 valence electrons. The quantitative estimate of drug-likeness (QED) is 0.450. The fourth-order valence-corrected chi connectivity index (χ4v) is 24.2. The molecule has 2 atom stereocenters. The van der Waals surface area contributed by atoms with Gasteiger partial charge in [-0.05, 0) is 0 Å². The SMILES string of the molecule is C[CH2][Zr]([Cl])([Cl])([CH]1C(C)=Cc2ccccc21)[CH]1C(C)=Cc2ccccc21. The Kier molecular flexibility index (Phi) is 4.23. The standard InChI is InChI=1S/2C10H9.C2H5.2ClH.Zr/c2*1-8-6-9-4-2-3-5-10(9)7-8;1-2;;;/h2*2-7H,1H3;1H2,2H3;2*1H;/q;;;;;+2/p-2. The molecule has 0 spiro atoms. The number of hydrogen-bond acceptors (Lipinski definition) is 0. The van der Waals surface area contributed by atoms with E-state index in [2.05, 4.69) is 81.5 Å². The maximum atomic E-state index is 7.73. The first-order valence-electron chi connectivity index (χ1n) is 8.98. The topological polar surface area (TPSA) is 0 Å². The van der Waals surface area contributed by atoms with Crippen molar-refractivity contribution in [3.05, 3.63) is 81.9 Å². The first-order chi connectivity index (χ1) is 11.9. The molecule has 25 heavy (non-hydrogen) atoms. The van der Waals surface area contributed by atoms with Gasteiger partial charge in [0.05, 0.1) is 0 Å². The van der Waals surface area contributed by atoms with E-state index in [0.29, 0.717) is 0 Å². The van der Waals surface area contributed by atoms with Gasteiger partial charge in [0, 0.05) is 0 Å².